The van der Waals surface area contributed by atoms with E-state index < -0.39 is 6.09 Å². The summed E-state index contributed by atoms with van der Waals surface area (Å²) in [4.78, 5) is 27.1. The summed E-state index contributed by atoms with van der Waals surface area (Å²) in [5, 5.41) is 2.71. The van der Waals surface area contributed by atoms with Crippen molar-refractivity contribution in [1.82, 2.24) is 14.9 Å². The molecule has 0 radical (unpaired) electrons. The molecule has 6 heteroatoms. The van der Waals surface area contributed by atoms with Crippen LogP contribution in [-0.2, 0) is 11.3 Å². The van der Waals surface area contributed by atoms with E-state index in [-0.39, 0.29) is 12.5 Å². The molecule has 0 saturated heterocycles. The minimum atomic E-state index is -0.414. The Balaban J connectivity index is 1.48. The lowest BCUT2D eigenvalue weighted by Gasteiger charge is -2.07. The van der Waals surface area contributed by atoms with Gasteiger partial charge in [-0.2, -0.15) is 0 Å². The summed E-state index contributed by atoms with van der Waals surface area (Å²) in [6, 6.07) is 9.54. The van der Waals surface area contributed by atoms with Gasteiger partial charge >= 0.3 is 6.09 Å². The Hall–Kier alpha value is -2.63. The van der Waals surface area contributed by atoms with Crippen molar-refractivity contribution in [1.29, 1.82) is 0 Å². The zero-order valence-corrected chi connectivity index (χ0v) is 13.0. The van der Waals surface area contributed by atoms with Gasteiger partial charge in [-0.25, -0.2) is 9.78 Å². The third-order valence-electron chi connectivity index (χ3n) is 3.34. The highest BCUT2D eigenvalue weighted by molar-refractivity contribution is 5.78. The fraction of sp³-hybridized carbons (Fsp3) is 0.353. The minimum Gasteiger partial charge on any atom is -0.445 e. The summed E-state index contributed by atoms with van der Waals surface area (Å²) < 4.78 is 6.59. The molecule has 0 aliphatic rings. The fourth-order valence-electron chi connectivity index (χ4n) is 2.08. The highest BCUT2D eigenvalue weighted by atomic mass is 16.5. The van der Waals surface area contributed by atoms with E-state index in [0.717, 1.165) is 24.8 Å². The van der Waals surface area contributed by atoms with E-state index in [9.17, 15) is 9.59 Å². The Morgan fingerprint density at radius 2 is 1.96 bits per heavy atom. The predicted molar refractivity (Wildman–Crippen MR) is 86.0 cm³/mol. The van der Waals surface area contributed by atoms with Crippen LogP contribution < -0.4 is 5.32 Å². The molecule has 1 heterocycles. The lowest BCUT2D eigenvalue weighted by atomic mass is 10.2. The number of ether oxygens (including phenoxy) is 1. The van der Waals surface area contributed by atoms with Crippen LogP contribution in [0.4, 0.5) is 4.79 Å². The van der Waals surface area contributed by atoms with Gasteiger partial charge in [-0.15, -0.1) is 0 Å². The first-order chi connectivity index (χ1) is 11.3. The molecular weight excluding hydrogens is 294 g/mol. The van der Waals surface area contributed by atoms with Crippen LogP contribution in [0.15, 0.2) is 49.1 Å². The average Bonchev–Trinajstić information content (AvgIpc) is 3.11. The van der Waals surface area contributed by atoms with E-state index in [2.05, 4.69) is 10.3 Å². The maximum absolute atomic E-state index is 11.7. The third-order valence-corrected chi connectivity index (χ3v) is 3.34. The molecule has 1 amide bonds. The summed E-state index contributed by atoms with van der Waals surface area (Å²) in [5.74, 6) is 0.0396. The average molecular weight is 315 g/mol. The van der Waals surface area contributed by atoms with Gasteiger partial charge in [0.15, 0.2) is 0 Å². The molecule has 0 spiro atoms. The number of carbonyl (C=O) groups excluding carboxylic acids is 2. The van der Waals surface area contributed by atoms with Crippen LogP contribution >= 0.6 is 0 Å². The number of alkyl carbamates (subject to hydrolysis) is 1. The lowest BCUT2D eigenvalue weighted by molar-refractivity contribution is 0.0898. The lowest BCUT2D eigenvalue weighted by Crippen LogP contribution is -2.25. The number of hydrogen-bond donors (Lipinski definition) is 1. The molecule has 122 valence electrons. The number of nitrogens with one attached hydrogen (secondary N) is 1. The summed E-state index contributed by atoms with van der Waals surface area (Å²) in [6.45, 7) is 0.818. The first kappa shape index (κ1) is 16.7. The van der Waals surface area contributed by atoms with E-state index in [1.165, 1.54) is 10.9 Å². The minimum absolute atomic E-state index is 0.0396. The van der Waals surface area contributed by atoms with Gasteiger partial charge in [-0.1, -0.05) is 36.8 Å². The quantitative estimate of drug-likeness (QED) is 0.760. The van der Waals surface area contributed by atoms with Crippen LogP contribution in [0, 0.1) is 0 Å². The molecule has 0 unspecified atom stereocenters. The van der Waals surface area contributed by atoms with Crippen molar-refractivity contribution in [3.63, 3.8) is 0 Å². The molecule has 1 aromatic carbocycles. The van der Waals surface area contributed by atoms with Crippen molar-refractivity contribution < 1.29 is 14.3 Å². The van der Waals surface area contributed by atoms with Crippen LogP contribution in [0.3, 0.4) is 0 Å². The zero-order chi connectivity index (χ0) is 16.3. The van der Waals surface area contributed by atoms with Crippen molar-refractivity contribution in [2.75, 3.05) is 6.54 Å². The molecule has 0 aliphatic heterocycles. The molecule has 23 heavy (non-hydrogen) atoms. The van der Waals surface area contributed by atoms with Crippen molar-refractivity contribution in [2.24, 2.45) is 0 Å². The smallest absolute Gasteiger partial charge is 0.407 e. The molecule has 1 N–H and O–H groups in total. The van der Waals surface area contributed by atoms with Crippen molar-refractivity contribution in [2.45, 2.75) is 32.3 Å². The molecule has 1 aromatic heterocycles. The number of aromatic nitrogens is 2. The van der Waals surface area contributed by atoms with Crippen LogP contribution in [0.5, 0.6) is 0 Å². The Morgan fingerprint density at radius 3 is 2.70 bits per heavy atom. The fourth-order valence-corrected chi connectivity index (χ4v) is 2.08. The number of unbranched alkanes of at least 4 members (excludes halogenated alkanes) is 2. The van der Waals surface area contributed by atoms with Crippen molar-refractivity contribution >= 4 is 12.0 Å². The van der Waals surface area contributed by atoms with Crippen LogP contribution in [0.25, 0.3) is 0 Å². The van der Waals surface area contributed by atoms with Crippen LogP contribution in [0.2, 0.25) is 0 Å². The molecule has 0 atom stereocenters. The molecule has 6 nitrogen and oxygen atoms in total. The predicted octanol–water partition coefficient (Wildman–Crippen LogP) is 3.01. The summed E-state index contributed by atoms with van der Waals surface area (Å²) in [6.07, 6.45) is 7.29. The van der Waals surface area contributed by atoms with E-state index in [4.69, 9.17) is 4.74 Å². The third kappa shape index (κ3) is 6.34. The number of carbonyl (C=O) groups is 2. The molecule has 0 fully saturated rings. The summed E-state index contributed by atoms with van der Waals surface area (Å²) in [7, 11) is 0. The normalized spacial score (nSPS) is 10.3. The van der Waals surface area contributed by atoms with Gasteiger partial charge in [0.05, 0.1) is 0 Å². The molecule has 0 aliphatic carbocycles. The second kappa shape index (κ2) is 9.40. The van der Waals surface area contributed by atoms with Gasteiger partial charge in [-0.05, 0) is 18.4 Å². The summed E-state index contributed by atoms with van der Waals surface area (Å²) in [5.41, 5.74) is 0.959. The van der Waals surface area contributed by atoms with Gasteiger partial charge in [0.2, 0.25) is 5.91 Å². The number of amides is 1. The van der Waals surface area contributed by atoms with Crippen molar-refractivity contribution in [3.05, 3.63) is 54.6 Å². The Bertz CT molecular complexity index is 597. The largest absolute Gasteiger partial charge is 0.445 e. The van der Waals surface area contributed by atoms with Gasteiger partial charge in [0, 0.05) is 25.4 Å². The summed E-state index contributed by atoms with van der Waals surface area (Å²) >= 11 is 0. The number of hydrogen-bond acceptors (Lipinski definition) is 4. The topological polar surface area (TPSA) is 73.2 Å². The Kier molecular flexibility index (Phi) is 6.84. The first-order valence-corrected chi connectivity index (χ1v) is 7.71. The number of imidazole rings is 1. The molecule has 2 rings (SSSR count). The second-order valence-corrected chi connectivity index (χ2v) is 5.16. The van der Waals surface area contributed by atoms with Gasteiger partial charge in [-0.3, -0.25) is 9.36 Å². The highest BCUT2D eigenvalue weighted by Crippen LogP contribution is 2.03. The number of rotatable bonds is 8. The maximum atomic E-state index is 11.7. The molecular formula is C17H21N3O3. The van der Waals surface area contributed by atoms with Crippen molar-refractivity contribution in [3.8, 4) is 0 Å². The van der Waals surface area contributed by atoms with E-state index in [1.54, 1.807) is 12.4 Å². The second-order valence-electron chi connectivity index (χ2n) is 5.16. The Labute approximate surface area is 135 Å². The van der Waals surface area contributed by atoms with Gasteiger partial charge in [0.25, 0.3) is 0 Å². The number of benzene rings is 1. The van der Waals surface area contributed by atoms with Gasteiger partial charge in [0.1, 0.15) is 12.9 Å². The standard InChI is InChI=1S/C17H21N3O3/c21-16(20-12-11-18-14-20)9-5-2-6-10-19-17(22)23-13-15-7-3-1-4-8-15/h1,3-4,7-8,11-12,14H,2,5-6,9-10,13H2,(H,19,22). The van der Waals surface area contributed by atoms with E-state index in [1.807, 2.05) is 30.3 Å². The molecule has 2 aromatic rings. The van der Waals surface area contributed by atoms with Crippen LogP contribution in [-0.4, -0.2) is 28.1 Å². The van der Waals surface area contributed by atoms with Gasteiger partial charge < -0.3 is 10.1 Å². The first-order valence-electron chi connectivity index (χ1n) is 7.71. The van der Waals surface area contributed by atoms with E-state index >= 15 is 0 Å². The maximum Gasteiger partial charge on any atom is 0.407 e. The Morgan fingerprint density at radius 1 is 1.13 bits per heavy atom. The monoisotopic (exact) mass is 315 g/mol. The zero-order valence-electron chi connectivity index (χ0n) is 13.0. The number of nitrogens with zero attached hydrogens (tertiary/aromatic N) is 2. The highest BCUT2D eigenvalue weighted by Gasteiger charge is 2.04. The van der Waals surface area contributed by atoms with Crippen LogP contribution in [0.1, 0.15) is 36.0 Å². The van der Waals surface area contributed by atoms with E-state index in [0.29, 0.717) is 13.0 Å². The molecule has 0 bridgehead atoms. The molecule has 0 saturated carbocycles. The SMILES string of the molecule is O=C(NCCCCCC(=O)n1ccnc1)OCc1ccccc1.